The van der Waals surface area contributed by atoms with Gasteiger partial charge in [0, 0.05) is 6.08 Å². The molecule has 126 valence electrons. The molecule has 0 saturated carbocycles. The van der Waals surface area contributed by atoms with Gasteiger partial charge in [-0.1, -0.05) is 49.7 Å². The Kier molecular flexibility index (Phi) is 6.43. The van der Waals surface area contributed by atoms with Gasteiger partial charge in [-0.05, 0) is 35.8 Å². The molecule has 0 fully saturated rings. The summed E-state index contributed by atoms with van der Waals surface area (Å²) in [5, 5.41) is 9.58. The summed E-state index contributed by atoms with van der Waals surface area (Å²) in [4.78, 5) is 12.1. The molecule has 24 heavy (non-hydrogen) atoms. The van der Waals surface area contributed by atoms with Gasteiger partial charge in [0.25, 0.3) is 0 Å². The number of methoxy groups -OCH3 is 1. The molecule has 0 radical (unpaired) electrons. The van der Waals surface area contributed by atoms with E-state index in [1.54, 1.807) is 18.2 Å². The van der Waals surface area contributed by atoms with Gasteiger partial charge in [0.2, 0.25) is 0 Å². The van der Waals surface area contributed by atoms with Crippen molar-refractivity contribution in [3.8, 4) is 11.5 Å². The molecular weight excluding hydrogens is 304 g/mol. The van der Waals surface area contributed by atoms with Crippen LogP contribution in [0.25, 0.3) is 6.08 Å². The van der Waals surface area contributed by atoms with Crippen molar-refractivity contribution in [2.45, 2.75) is 25.9 Å². The molecule has 0 amide bonds. The lowest BCUT2D eigenvalue weighted by molar-refractivity contribution is -0.143. The number of phenolic OH excluding ortho intramolecular Hbond substituents is 1. The van der Waals surface area contributed by atoms with Crippen LogP contribution in [0.2, 0.25) is 0 Å². The maximum absolute atomic E-state index is 12.1. The molecule has 0 heterocycles. The van der Waals surface area contributed by atoms with Crippen LogP contribution < -0.4 is 4.74 Å². The van der Waals surface area contributed by atoms with E-state index in [1.165, 1.54) is 19.3 Å². The van der Waals surface area contributed by atoms with Gasteiger partial charge in [-0.25, -0.2) is 4.79 Å². The molecule has 2 rings (SSSR count). The number of carbonyl (C=O) groups excluding carboxylic acids is 1. The van der Waals surface area contributed by atoms with Gasteiger partial charge in [0.15, 0.2) is 11.5 Å². The van der Waals surface area contributed by atoms with Gasteiger partial charge in [0.1, 0.15) is 6.10 Å². The van der Waals surface area contributed by atoms with Crippen LogP contribution in [0.3, 0.4) is 0 Å². The zero-order chi connectivity index (χ0) is 17.4. The smallest absolute Gasteiger partial charge is 0.331 e. The highest BCUT2D eigenvalue weighted by Crippen LogP contribution is 2.27. The highest BCUT2D eigenvalue weighted by atomic mass is 16.5. The van der Waals surface area contributed by atoms with Crippen molar-refractivity contribution in [3.05, 3.63) is 65.7 Å². The standard InChI is InChI=1S/C20H22O4/c1-3-7-18(16-8-5-4-6-9-16)24-20(22)13-11-15-10-12-17(21)19(14-15)23-2/h4-6,8-14,18,21H,3,7H2,1-2H3. The molecule has 2 aromatic carbocycles. The molecular formula is C20H22O4. The minimum atomic E-state index is -0.399. The molecule has 4 heteroatoms. The number of hydrogen-bond donors (Lipinski definition) is 1. The van der Waals surface area contributed by atoms with Gasteiger partial charge in [-0.3, -0.25) is 0 Å². The number of rotatable bonds is 7. The molecule has 0 aliphatic rings. The summed E-state index contributed by atoms with van der Waals surface area (Å²) in [6.45, 7) is 2.06. The van der Waals surface area contributed by atoms with Crippen molar-refractivity contribution in [2.75, 3.05) is 7.11 Å². The van der Waals surface area contributed by atoms with Crippen LogP contribution >= 0.6 is 0 Å². The lowest BCUT2D eigenvalue weighted by Crippen LogP contribution is -2.09. The van der Waals surface area contributed by atoms with Gasteiger partial charge >= 0.3 is 5.97 Å². The molecule has 1 N–H and O–H groups in total. The van der Waals surface area contributed by atoms with Crippen LogP contribution in [0.15, 0.2) is 54.6 Å². The minimum Gasteiger partial charge on any atom is -0.504 e. The van der Waals surface area contributed by atoms with E-state index in [1.807, 2.05) is 30.3 Å². The average Bonchev–Trinajstić information content (AvgIpc) is 2.61. The second kappa shape index (κ2) is 8.77. The van der Waals surface area contributed by atoms with Gasteiger partial charge in [0.05, 0.1) is 7.11 Å². The van der Waals surface area contributed by atoms with Gasteiger partial charge in [-0.15, -0.1) is 0 Å². The Bertz CT molecular complexity index is 692. The van der Waals surface area contributed by atoms with E-state index in [0.29, 0.717) is 5.75 Å². The van der Waals surface area contributed by atoms with E-state index >= 15 is 0 Å². The highest BCUT2D eigenvalue weighted by Gasteiger charge is 2.14. The summed E-state index contributed by atoms with van der Waals surface area (Å²) in [5.41, 5.74) is 1.74. The van der Waals surface area contributed by atoms with Crippen LogP contribution in [0.5, 0.6) is 11.5 Å². The van der Waals surface area contributed by atoms with Crippen molar-refractivity contribution < 1.29 is 19.4 Å². The second-order valence-electron chi connectivity index (χ2n) is 5.39. The zero-order valence-electron chi connectivity index (χ0n) is 13.9. The SMILES string of the molecule is CCCC(OC(=O)C=Cc1ccc(O)c(OC)c1)c1ccccc1. The van der Waals surface area contributed by atoms with Crippen molar-refractivity contribution >= 4 is 12.0 Å². The molecule has 1 unspecified atom stereocenters. The predicted molar refractivity (Wildman–Crippen MR) is 93.9 cm³/mol. The molecule has 0 aliphatic carbocycles. The van der Waals surface area contributed by atoms with Gasteiger partial charge < -0.3 is 14.6 Å². The highest BCUT2D eigenvalue weighted by molar-refractivity contribution is 5.87. The number of esters is 1. The van der Waals surface area contributed by atoms with Crippen LogP contribution in [0, 0.1) is 0 Å². The molecule has 4 nitrogen and oxygen atoms in total. The normalized spacial score (nSPS) is 12.1. The molecule has 0 spiro atoms. The third-order valence-electron chi connectivity index (χ3n) is 3.60. The summed E-state index contributed by atoms with van der Waals surface area (Å²) in [5.74, 6) is 0.0207. The largest absolute Gasteiger partial charge is 0.504 e. The molecule has 0 aromatic heterocycles. The van der Waals surface area contributed by atoms with Crippen LogP contribution in [-0.2, 0) is 9.53 Å². The Hall–Kier alpha value is -2.75. The Labute approximate surface area is 142 Å². The van der Waals surface area contributed by atoms with Crippen molar-refractivity contribution in [2.24, 2.45) is 0 Å². The first-order valence-electron chi connectivity index (χ1n) is 7.94. The van der Waals surface area contributed by atoms with E-state index in [0.717, 1.165) is 24.0 Å². The number of benzene rings is 2. The molecule has 1 atom stereocenters. The van der Waals surface area contributed by atoms with Crippen LogP contribution in [0.4, 0.5) is 0 Å². The maximum Gasteiger partial charge on any atom is 0.331 e. The summed E-state index contributed by atoms with van der Waals surface area (Å²) in [6.07, 6.45) is 4.47. The molecule has 2 aromatic rings. The first-order chi connectivity index (χ1) is 11.6. The summed E-state index contributed by atoms with van der Waals surface area (Å²) in [6, 6.07) is 14.6. The quantitative estimate of drug-likeness (QED) is 0.601. The van der Waals surface area contributed by atoms with Crippen molar-refractivity contribution in [3.63, 3.8) is 0 Å². The predicted octanol–water partition coefficient (Wildman–Crippen LogP) is 4.50. The number of carbonyl (C=O) groups is 1. The monoisotopic (exact) mass is 326 g/mol. The minimum absolute atomic E-state index is 0.0595. The fourth-order valence-electron chi connectivity index (χ4n) is 2.37. The van der Waals surface area contributed by atoms with E-state index < -0.39 is 5.97 Å². The van der Waals surface area contributed by atoms with Crippen LogP contribution in [0.1, 0.15) is 37.0 Å². The van der Waals surface area contributed by atoms with Crippen molar-refractivity contribution in [1.82, 2.24) is 0 Å². The van der Waals surface area contributed by atoms with Gasteiger partial charge in [-0.2, -0.15) is 0 Å². The van der Waals surface area contributed by atoms with E-state index in [-0.39, 0.29) is 11.9 Å². The zero-order valence-corrected chi connectivity index (χ0v) is 13.9. The third-order valence-corrected chi connectivity index (χ3v) is 3.60. The number of hydrogen-bond acceptors (Lipinski definition) is 4. The Balaban J connectivity index is 2.05. The summed E-state index contributed by atoms with van der Waals surface area (Å²) >= 11 is 0. The first-order valence-corrected chi connectivity index (χ1v) is 7.94. The molecule has 0 bridgehead atoms. The van der Waals surface area contributed by atoms with Crippen LogP contribution in [-0.4, -0.2) is 18.2 Å². The molecule has 0 aliphatic heterocycles. The summed E-state index contributed by atoms with van der Waals surface area (Å²) < 4.78 is 10.6. The summed E-state index contributed by atoms with van der Waals surface area (Å²) in [7, 11) is 1.48. The van der Waals surface area contributed by atoms with E-state index in [9.17, 15) is 9.90 Å². The van der Waals surface area contributed by atoms with Crippen molar-refractivity contribution in [1.29, 1.82) is 0 Å². The Morgan fingerprint density at radius 2 is 1.96 bits per heavy atom. The van der Waals surface area contributed by atoms with E-state index in [4.69, 9.17) is 9.47 Å². The third kappa shape index (κ3) is 4.88. The van der Waals surface area contributed by atoms with E-state index in [2.05, 4.69) is 6.92 Å². The lowest BCUT2D eigenvalue weighted by atomic mass is 10.1. The Morgan fingerprint density at radius 1 is 1.21 bits per heavy atom. The average molecular weight is 326 g/mol. The molecule has 0 saturated heterocycles. The maximum atomic E-state index is 12.1. The fraction of sp³-hybridized carbons (Fsp3) is 0.250. The second-order valence-corrected chi connectivity index (χ2v) is 5.39. The lowest BCUT2D eigenvalue weighted by Gasteiger charge is -2.16. The number of aromatic hydroxyl groups is 1. The number of ether oxygens (including phenoxy) is 2. The Morgan fingerprint density at radius 3 is 2.62 bits per heavy atom. The number of phenols is 1. The fourth-order valence-corrected chi connectivity index (χ4v) is 2.37. The first kappa shape index (κ1) is 17.6. The topological polar surface area (TPSA) is 55.8 Å².